The van der Waals surface area contributed by atoms with Crippen LogP contribution in [-0.4, -0.2) is 50.6 Å². The maximum absolute atomic E-state index is 4.41. The Labute approximate surface area is 85.8 Å². The highest BCUT2D eigenvalue weighted by atomic mass is 15.3. The Balaban J connectivity index is 1.77. The van der Waals surface area contributed by atoms with Gasteiger partial charge in [-0.2, -0.15) is 0 Å². The minimum atomic E-state index is 0.791. The average molecular weight is 196 g/mol. The summed E-state index contributed by atoms with van der Waals surface area (Å²) in [5.41, 5.74) is 0. The Kier molecular flexibility index (Phi) is 3.24. The molecule has 0 saturated carbocycles. The first-order valence-electron chi connectivity index (χ1n) is 5.56. The van der Waals surface area contributed by atoms with Crippen LogP contribution in [0.3, 0.4) is 0 Å². The predicted octanol–water partition coefficient (Wildman–Crippen LogP) is -0.123. The zero-order chi connectivity index (χ0) is 9.80. The smallest absolute Gasteiger partial charge is 0.193 e. The van der Waals surface area contributed by atoms with Gasteiger partial charge in [0.15, 0.2) is 5.96 Å². The van der Waals surface area contributed by atoms with E-state index in [9.17, 15) is 0 Å². The Morgan fingerprint density at radius 3 is 3.07 bits per heavy atom. The number of aliphatic imine (C=N–C) groups is 1. The van der Waals surface area contributed by atoms with Crippen LogP contribution < -0.4 is 10.6 Å². The summed E-state index contributed by atoms with van der Waals surface area (Å²) in [4.78, 5) is 6.67. The van der Waals surface area contributed by atoms with Crippen LogP contribution in [0.5, 0.6) is 0 Å². The van der Waals surface area contributed by atoms with Gasteiger partial charge in [-0.3, -0.25) is 4.99 Å². The molecule has 14 heavy (non-hydrogen) atoms. The Hall–Kier alpha value is -0.770. The molecule has 80 valence electrons. The van der Waals surface area contributed by atoms with Crippen LogP contribution in [0.25, 0.3) is 0 Å². The summed E-state index contributed by atoms with van der Waals surface area (Å²) in [6, 6.07) is 0. The van der Waals surface area contributed by atoms with E-state index >= 15 is 0 Å². The van der Waals surface area contributed by atoms with Crippen molar-refractivity contribution in [2.75, 3.05) is 39.8 Å². The van der Waals surface area contributed by atoms with E-state index in [4.69, 9.17) is 0 Å². The molecular weight excluding hydrogens is 176 g/mol. The third kappa shape index (κ3) is 2.38. The van der Waals surface area contributed by atoms with Gasteiger partial charge in [-0.05, 0) is 31.8 Å². The zero-order valence-electron chi connectivity index (χ0n) is 8.92. The highest BCUT2D eigenvalue weighted by Crippen LogP contribution is 2.11. The van der Waals surface area contributed by atoms with Crippen LogP contribution in [0.1, 0.15) is 12.8 Å². The van der Waals surface area contributed by atoms with E-state index in [0.717, 1.165) is 38.1 Å². The molecule has 2 heterocycles. The van der Waals surface area contributed by atoms with Gasteiger partial charge in [0.1, 0.15) is 0 Å². The summed E-state index contributed by atoms with van der Waals surface area (Å²) in [6.45, 7) is 5.42. The first-order chi connectivity index (χ1) is 6.86. The van der Waals surface area contributed by atoms with Gasteiger partial charge in [-0.25, -0.2) is 0 Å². The lowest BCUT2D eigenvalue weighted by Crippen LogP contribution is -2.42. The van der Waals surface area contributed by atoms with Crippen LogP contribution in [-0.2, 0) is 0 Å². The lowest BCUT2D eigenvalue weighted by Gasteiger charge is -2.28. The molecule has 0 radical (unpaired) electrons. The van der Waals surface area contributed by atoms with E-state index < -0.39 is 0 Å². The summed E-state index contributed by atoms with van der Waals surface area (Å²) >= 11 is 0. The van der Waals surface area contributed by atoms with Crippen molar-refractivity contribution in [3.8, 4) is 0 Å². The van der Waals surface area contributed by atoms with Crippen LogP contribution >= 0.6 is 0 Å². The van der Waals surface area contributed by atoms with Crippen LogP contribution in [0.15, 0.2) is 4.99 Å². The molecule has 2 aliphatic heterocycles. The quantitative estimate of drug-likeness (QED) is 0.646. The number of nitrogens with zero attached hydrogens (tertiary/aromatic N) is 2. The fourth-order valence-corrected chi connectivity index (χ4v) is 2.19. The van der Waals surface area contributed by atoms with Gasteiger partial charge in [-0.1, -0.05) is 0 Å². The molecule has 1 unspecified atom stereocenters. The van der Waals surface area contributed by atoms with Gasteiger partial charge in [0.05, 0.1) is 6.54 Å². The van der Waals surface area contributed by atoms with Crippen LogP contribution in [0, 0.1) is 5.92 Å². The molecule has 1 fully saturated rings. The summed E-state index contributed by atoms with van der Waals surface area (Å²) in [7, 11) is 2.13. The Morgan fingerprint density at radius 2 is 2.43 bits per heavy atom. The first-order valence-corrected chi connectivity index (χ1v) is 5.56. The zero-order valence-corrected chi connectivity index (χ0v) is 8.92. The lowest BCUT2D eigenvalue weighted by molar-refractivity contribution is 0.308. The summed E-state index contributed by atoms with van der Waals surface area (Å²) in [5, 5.41) is 6.75. The predicted molar refractivity (Wildman–Crippen MR) is 58.5 cm³/mol. The highest BCUT2D eigenvalue weighted by molar-refractivity contribution is 5.81. The molecule has 0 amide bonds. The maximum Gasteiger partial charge on any atom is 0.193 e. The maximum atomic E-state index is 4.41. The topological polar surface area (TPSA) is 39.7 Å². The lowest BCUT2D eigenvalue weighted by atomic mass is 9.99. The molecule has 0 bridgehead atoms. The van der Waals surface area contributed by atoms with E-state index in [1.165, 1.54) is 19.4 Å². The van der Waals surface area contributed by atoms with Crippen molar-refractivity contribution in [2.45, 2.75) is 12.8 Å². The van der Waals surface area contributed by atoms with E-state index in [-0.39, 0.29) is 0 Å². The van der Waals surface area contributed by atoms with Gasteiger partial charge in [0.25, 0.3) is 0 Å². The molecule has 4 nitrogen and oxygen atoms in total. The van der Waals surface area contributed by atoms with Crippen molar-refractivity contribution < 1.29 is 0 Å². The van der Waals surface area contributed by atoms with E-state index in [1.807, 2.05) is 0 Å². The normalized spacial score (nSPS) is 26.9. The number of nitrogens with one attached hydrogen (secondary N) is 2. The fourth-order valence-electron chi connectivity index (χ4n) is 2.19. The van der Waals surface area contributed by atoms with Gasteiger partial charge in [0.2, 0.25) is 0 Å². The molecular formula is C10H20N4. The molecule has 1 atom stereocenters. The third-order valence-corrected chi connectivity index (χ3v) is 2.95. The SMILES string of the molecule is CN(CC1CCCNC1)C1=NCCN1. The van der Waals surface area contributed by atoms with Crippen molar-refractivity contribution >= 4 is 5.96 Å². The molecule has 0 aromatic rings. The molecule has 0 aromatic carbocycles. The number of guanidine groups is 1. The molecule has 0 aliphatic carbocycles. The van der Waals surface area contributed by atoms with Crippen molar-refractivity contribution in [2.24, 2.45) is 10.9 Å². The molecule has 2 rings (SSSR count). The summed E-state index contributed by atoms with van der Waals surface area (Å²) in [5.74, 6) is 1.87. The summed E-state index contributed by atoms with van der Waals surface area (Å²) < 4.78 is 0. The molecule has 2 N–H and O–H groups in total. The number of hydrogen-bond acceptors (Lipinski definition) is 4. The molecule has 0 spiro atoms. The second kappa shape index (κ2) is 4.64. The second-order valence-electron chi connectivity index (χ2n) is 4.23. The molecule has 2 aliphatic rings. The van der Waals surface area contributed by atoms with Crippen molar-refractivity contribution in [3.05, 3.63) is 0 Å². The largest absolute Gasteiger partial charge is 0.354 e. The Bertz CT molecular complexity index is 208. The Morgan fingerprint density at radius 1 is 1.50 bits per heavy atom. The fraction of sp³-hybridized carbons (Fsp3) is 0.900. The third-order valence-electron chi connectivity index (χ3n) is 2.95. The number of hydrogen-bond donors (Lipinski definition) is 2. The van der Waals surface area contributed by atoms with E-state index in [2.05, 4.69) is 27.6 Å². The monoisotopic (exact) mass is 196 g/mol. The van der Waals surface area contributed by atoms with Crippen LogP contribution in [0.2, 0.25) is 0 Å². The number of piperidine rings is 1. The van der Waals surface area contributed by atoms with E-state index in [1.54, 1.807) is 0 Å². The standard InChI is InChI=1S/C10H20N4/c1-14(10-12-5-6-13-10)8-9-3-2-4-11-7-9/h9,11H,2-8H2,1H3,(H,12,13). The van der Waals surface area contributed by atoms with Crippen molar-refractivity contribution in [1.82, 2.24) is 15.5 Å². The van der Waals surface area contributed by atoms with Crippen molar-refractivity contribution in [1.29, 1.82) is 0 Å². The van der Waals surface area contributed by atoms with Crippen molar-refractivity contribution in [3.63, 3.8) is 0 Å². The van der Waals surface area contributed by atoms with Gasteiger partial charge in [0, 0.05) is 20.1 Å². The van der Waals surface area contributed by atoms with Gasteiger partial charge >= 0.3 is 0 Å². The minimum Gasteiger partial charge on any atom is -0.354 e. The first kappa shape index (κ1) is 9.77. The molecule has 0 aromatic heterocycles. The van der Waals surface area contributed by atoms with E-state index in [0.29, 0.717) is 0 Å². The van der Waals surface area contributed by atoms with Gasteiger partial charge < -0.3 is 15.5 Å². The minimum absolute atomic E-state index is 0.791. The molecule has 1 saturated heterocycles. The summed E-state index contributed by atoms with van der Waals surface area (Å²) in [6.07, 6.45) is 2.67. The molecule has 4 heteroatoms. The van der Waals surface area contributed by atoms with Gasteiger partial charge in [-0.15, -0.1) is 0 Å². The highest BCUT2D eigenvalue weighted by Gasteiger charge is 2.17. The number of rotatable bonds is 2. The van der Waals surface area contributed by atoms with Crippen LogP contribution in [0.4, 0.5) is 0 Å². The average Bonchev–Trinajstić information content (AvgIpc) is 2.72. The second-order valence-corrected chi connectivity index (χ2v) is 4.23.